The van der Waals surface area contributed by atoms with E-state index in [0.29, 0.717) is 40.5 Å². The fourth-order valence-electron chi connectivity index (χ4n) is 7.07. The number of ether oxygens (including phenoxy) is 6. The summed E-state index contributed by atoms with van der Waals surface area (Å²) < 4.78 is 33.6. The van der Waals surface area contributed by atoms with Crippen LogP contribution < -0.4 is 33.3 Å². The first-order valence-corrected chi connectivity index (χ1v) is 17.6. The van der Waals surface area contributed by atoms with Gasteiger partial charge in [0.1, 0.15) is 0 Å². The molecule has 288 valence electrons. The molecule has 1 aliphatic heterocycles. The standard InChI is InChI=1S/C43H49N3O6.2ClH/c1-29-11-13-35(14-12-29)46(28-30-9-8-10-32(21-30)33-23-38(47-2)42(51-6)39(24-33)48-3)36-16-19-45(20-17-36)27-31-15-18-44-37(22-31)34-25-40(49-4)43(52-7)41(26-34)50-5;;/h8-15,18,21-26,36H,16-17,19-20,27-28H2,1-7H3;2*1H. The third kappa shape index (κ3) is 9.45. The van der Waals surface area contributed by atoms with Crippen LogP contribution in [0, 0.1) is 6.92 Å². The second-order valence-corrected chi connectivity index (χ2v) is 13.0. The molecule has 0 saturated carbocycles. The van der Waals surface area contributed by atoms with Gasteiger partial charge in [0.15, 0.2) is 23.0 Å². The van der Waals surface area contributed by atoms with Gasteiger partial charge < -0.3 is 33.3 Å². The van der Waals surface area contributed by atoms with E-state index < -0.39 is 0 Å². The van der Waals surface area contributed by atoms with Gasteiger partial charge in [-0.25, -0.2) is 0 Å². The molecule has 5 aromatic rings. The number of methoxy groups -OCH3 is 6. The van der Waals surface area contributed by atoms with E-state index in [2.05, 4.69) is 82.4 Å². The molecule has 0 atom stereocenters. The summed E-state index contributed by atoms with van der Waals surface area (Å²) in [5, 5.41) is 0. The van der Waals surface area contributed by atoms with Gasteiger partial charge in [0.2, 0.25) is 11.5 Å². The average molecular weight is 777 g/mol. The molecular weight excluding hydrogens is 725 g/mol. The van der Waals surface area contributed by atoms with E-state index in [0.717, 1.165) is 61.4 Å². The molecule has 0 N–H and O–H groups in total. The lowest BCUT2D eigenvalue weighted by Gasteiger charge is -2.40. The number of benzene rings is 4. The maximum Gasteiger partial charge on any atom is 0.203 e. The van der Waals surface area contributed by atoms with Crippen molar-refractivity contribution >= 4 is 30.5 Å². The van der Waals surface area contributed by atoms with Crippen molar-refractivity contribution in [2.75, 3.05) is 60.6 Å². The van der Waals surface area contributed by atoms with Gasteiger partial charge in [-0.2, -0.15) is 0 Å². The Morgan fingerprint density at radius 1 is 0.611 bits per heavy atom. The van der Waals surface area contributed by atoms with Crippen LogP contribution >= 0.6 is 24.8 Å². The molecule has 1 aliphatic rings. The summed E-state index contributed by atoms with van der Waals surface area (Å²) in [6.07, 6.45) is 4.00. The summed E-state index contributed by atoms with van der Waals surface area (Å²) in [6.45, 7) is 5.79. The van der Waals surface area contributed by atoms with E-state index in [9.17, 15) is 0 Å². The molecule has 1 aromatic heterocycles. The second-order valence-electron chi connectivity index (χ2n) is 13.0. The molecule has 0 bridgehead atoms. The van der Waals surface area contributed by atoms with E-state index in [1.165, 1.54) is 22.4 Å². The molecule has 0 spiro atoms. The summed E-state index contributed by atoms with van der Waals surface area (Å²) in [4.78, 5) is 9.81. The fourth-order valence-corrected chi connectivity index (χ4v) is 7.07. The first-order chi connectivity index (χ1) is 25.4. The van der Waals surface area contributed by atoms with Crippen molar-refractivity contribution in [2.45, 2.75) is 38.9 Å². The number of piperidine rings is 1. The van der Waals surface area contributed by atoms with Crippen molar-refractivity contribution in [1.82, 2.24) is 9.88 Å². The molecule has 0 unspecified atom stereocenters. The number of halogens is 2. The largest absolute Gasteiger partial charge is 0.493 e. The van der Waals surface area contributed by atoms with Crippen LogP contribution in [0.3, 0.4) is 0 Å². The zero-order chi connectivity index (χ0) is 36.6. The average Bonchev–Trinajstić information content (AvgIpc) is 3.19. The van der Waals surface area contributed by atoms with Crippen molar-refractivity contribution in [1.29, 1.82) is 0 Å². The van der Waals surface area contributed by atoms with Crippen molar-refractivity contribution in [3.8, 4) is 56.9 Å². The minimum Gasteiger partial charge on any atom is -0.493 e. The Hall–Kier alpha value is -4.83. The molecule has 11 heteroatoms. The molecule has 2 heterocycles. The molecule has 54 heavy (non-hydrogen) atoms. The number of hydrogen-bond acceptors (Lipinski definition) is 9. The number of aromatic nitrogens is 1. The molecule has 0 radical (unpaired) electrons. The number of anilines is 1. The highest BCUT2D eigenvalue weighted by Crippen LogP contribution is 2.42. The van der Waals surface area contributed by atoms with Crippen molar-refractivity contribution in [3.63, 3.8) is 0 Å². The predicted molar refractivity (Wildman–Crippen MR) is 221 cm³/mol. The second kappa shape index (κ2) is 19.5. The molecular formula is C43H51Cl2N3O6. The summed E-state index contributed by atoms with van der Waals surface area (Å²) in [5.74, 6) is 3.65. The maximum atomic E-state index is 5.65. The Balaban J connectivity index is 0.00000325. The minimum atomic E-state index is 0. The van der Waals surface area contributed by atoms with Crippen LogP contribution in [0.4, 0.5) is 5.69 Å². The molecule has 1 fully saturated rings. The minimum absolute atomic E-state index is 0. The van der Waals surface area contributed by atoms with Crippen LogP contribution in [0.2, 0.25) is 0 Å². The van der Waals surface area contributed by atoms with Crippen molar-refractivity contribution in [2.24, 2.45) is 0 Å². The Bertz CT molecular complexity index is 1920. The highest BCUT2D eigenvalue weighted by molar-refractivity contribution is 5.85. The lowest BCUT2D eigenvalue weighted by atomic mass is 9.98. The van der Waals surface area contributed by atoms with E-state index in [1.54, 1.807) is 42.7 Å². The van der Waals surface area contributed by atoms with Crippen LogP contribution in [-0.2, 0) is 13.1 Å². The van der Waals surface area contributed by atoms with Crippen LogP contribution in [0.25, 0.3) is 22.4 Å². The molecule has 0 aliphatic carbocycles. The quantitative estimate of drug-likeness (QED) is 0.110. The van der Waals surface area contributed by atoms with Crippen LogP contribution in [0.1, 0.15) is 29.5 Å². The normalized spacial score (nSPS) is 12.9. The Morgan fingerprint density at radius 2 is 1.17 bits per heavy atom. The summed E-state index contributed by atoms with van der Waals surface area (Å²) in [6, 6.07) is 30.2. The zero-order valence-corrected chi connectivity index (χ0v) is 33.7. The number of hydrogen-bond donors (Lipinski definition) is 0. The van der Waals surface area contributed by atoms with Crippen LogP contribution in [-0.4, -0.2) is 71.7 Å². The molecule has 4 aromatic carbocycles. The van der Waals surface area contributed by atoms with Gasteiger partial charge in [0.05, 0.1) is 48.4 Å². The smallest absolute Gasteiger partial charge is 0.203 e. The van der Waals surface area contributed by atoms with E-state index in [-0.39, 0.29) is 24.8 Å². The number of aryl methyl sites for hydroxylation is 1. The Kier molecular flexibility index (Phi) is 15.1. The molecule has 9 nitrogen and oxygen atoms in total. The van der Waals surface area contributed by atoms with Gasteiger partial charge in [-0.15, -0.1) is 24.8 Å². The number of rotatable bonds is 14. The van der Waals surface area contributed by atoms with E-state index >= 15 is 0 Å². The van der Waals surface area contributed by atoms with E-state index in [1.807, 2.05) is 30.5 Å². The van der Waals surface area contributed by atoms with Gasteiger partial charge in [0.25, 0.3) is 0 Å². The van der Waals surface area contributed by atoms with Gasteiger partial charge in [-0.1, -0.05) is 35.9 Å². The van der Waals surface area contributed by atoms with Crippen molar-refractivity contribution < 1.29 is 28.4 Å². The summed E-state index contributed by atoms with van der Waals surface area (Å²) in [7, 11) is 9.79. The zero-order valence-electron chi connectivity index (χ0n) is 32.1. The number of nitrogens with zero attached hydrogens (tertiary/aromatic N) is 3. The van der Waals surface area contributed by atoms with Crippen LogP contribution in [0.15, 0.2) is 91.1 Å². The lowest BCUT2D eigenvalue weighted by Crippen LogP contribution is -2.44. The maximum absolute atomic E-state index is 5.65. The SMILES string of the molecule is COc1cc(-c2cccc(CN(c3ccc(C)cc3)C3CCN(Cc4ccnc(-c5cc(OC)c(OC)c(OC)c5)c4)CC3)c2)cc(OC)c1OC.Cl.Cl. The predicted octanol–water partition coefficient (Wildman–Crippen LogP) is 9.29. The van der Waals surface area contributed by atoms with Crippen molar-refractivity contribution in [3.05, 3.63) is 108 Å². The van der Waals surface area contributed by atoms with Gasteiger partial charge >= 0.3 is 0 Å². The highest BCUT2D eigenvalue weighted by atomic mass is 35.5. The lowest BCUT2D eigenvalue weighted by molar-refractivity contribution is 0.201. The first kappa shape index (κ1) is 41.9. The summed E-state index contributed by atoms with van der Waals surface area (Å²) >= 11 is 0. The van der Waals surface area contributed by atoms with Gasteiger partial charge in [-0.05, 0) is 96.6 Å². The highest BCUT2D eigenvalue weighted by Gasteiger charge is 2.26. The monoisotopic (exact) mass is 775 g/mol. The van der Waals surface area contributed by atoms with Crippen LogP contribution in [0.5, 0.6) is 34.5 Å². The van der Waals surface area contributed by atoms with Gasteiger partial charge in [0, 0.05) is 49.7 Å². The molecule has 1 saturated heterocycles. The molecule has 0 amide bonds. The Labute approximate surface area is 331 Å². The summed E-state index contributed by atoms with van der Waals surface area (Å²) in [5.41, 5.74) is 8.85. The fraction of sp³-hybridized carbons (Fsp3) is 0.326. The number of likely N-dealkylation sites (tertiary alicyclic amines) is 1. The van der Waals surface area contributed by atoms with Gasteiger partial charge in [-0.3, -0.25) is 9.88 Å². The Morgan fingerprint density at radius 3 is 1.70 bits per heavy atom. The number of pyridine rings is 1. The first-order valence-electron chi connectivity index (χ1n) is 17.6. The van der Waals surface area contributed by atoms with E-state index in [4.69, 9.17) is 28.4 Å². The third-order valence-electron chi connectivity index (χ3n) is 9.83. The topological polar surface area (TPSA) is 74.8 Å². The molecule has 6 rings (SSSR count). The third-order valence-corrected chi connectivity index (χ3v) is 9.83.